The second-order valence-electron chi connectivity index (χ2n) is 12.2. The lowest BCUT2D eigenvalue weighted by atomic mass is 9.71. The van der Waals surface area contributed by atoms with E-state index < -0.39 is 29.4 Å². The minimum Gasteiger partial charge on any atom is -0.444 e. The van der Waals surface area contributed by atoms with Crippen LogP contribution in [0, 0.1) is 5.41 Å². The second-order valence-corrected chi connectivity index (χ2v) is 12.2. The van der Waals surface area contributed by atoms with Crippen molar-refractivity contribution < 1.29 is 28.7 Å². The van der Waals surface area contributed by atoms with Crippen LogP contribution < -0.4 is 15.5 Å². The van der Waals surface area contributed by atoms with Crippen molar-refractivity contribution >= 4 is 35.4 Å². The van der Waals surface area contributed by atoms with Gasteiger partial charge in [0.25, 0.3) is 11.8 Å². The lowest BCUT2D eigenvalue weighted by molar-refractivity contribution is -0.136. The average Bonchev–Trinajstić information content (AvgIpc) is 3.09. The fraction of sp³-hybridized carbons (Fsp3) is 0.607. The Labute approximate surface area is 228 Å². The van der Waals surface area contributed by atoms with Crippen LogP contribution in [0.25, 0.3) is 0 Å². The zero-order chi connectivity index (χ0) is 27.9. The maximum Gasteiger partial charge on any atom is 0.407 e. The third kappa shape index (κ3) is 5.63. The summed E-state index contributed by atoms with van der Waals surface area (Å²) in [6, 6.07) is 4.36. The van der Waals surface area contributed by atoms with Gasteiger partial charge in [-0.2, -0.15) is 0 Å². The van der Waals surface area contributed by atoms with E-state index in [0.29, 0.717) is 17.7 Å². The van der Waals surface area contributed by atoms with Gasteiger partial charge in [-0.3, -0.25) is 29.4 Å². The Morgan fingerprint density at radius 2 is 1.77 bits per heavy atom. The van der Waals surface area contributed by atoms with E-state index in [-0.39, 0.29) is 30.3 Å². The number of amides is 5. The number of fused-ring (bicyclic) bond motifs is 1. The molecule has 5 amide bonds. The molecule has 0 saturated carbocycles. The first kappa shape index (κ1) is 27.1. The quantitative estimate of drug-likeness (QED) is 0.415. The van der Waals surface area contributed by atoms with Gasteiger partial charge in [0.15, 0.2) is 0 Å². The summed E-state index contributed by atoms with van der Waals surface area (Å²) >= 11 is 0. The third-order valence-electron chi connectivity index (χ3n) is 8.08. The molecule has 1 aromatic carbocycles. The standard InChI is InChI=1S/C28H37N5O6/c1-27(2,3)39-26(38)29-11-4-12-31-13-9-28(10-14-31)16-32(17-28)18-5-6-19-20(15-18)25(37)33(24(19)36)21-7-8-22(34)30-23(21)35/h5-6,15,21H,4,7-14,16-17H2,1-3H3,(H,29,38)(H,30,34,35). The zero-order valence-electron chi connectivity index (χ0n) is 22.9. The molecular formula is C28H37N5O6. The van der Waals surface area contributed by atoms with Gasteiger partial charge in [0.2, 0.25) is 11.8 Å². The van der Waals surface area contributed by atoms with Crippen LogP contribution >= 0.6 is 0 Å². The lowest BCUT2D eigenvalue weighted by Crippen LogP contribution is -2.60. The number of alkyl carbamates (subject to hydrolysis) is 1. The second kappa shape index (κ2) is 10.3. The maximum absolute atomic E-state index is 13.1. The number of hydrogen-bond donors (Lipinski definition) is 2. The number of nitrogens with one attached hydrogen (secondary N) is 2. The Morgan fingerprint density at radius 1 is 1.08 bits per heavy atom. The molecule has 4 aliphatic rings. The first-order valence-corrected chi connectivity index (χ1v) is 13.7. The highest BCUT2D eigenvalue weighted by atomic mass is 16.6. The van der Waals surface area contributed by atoms with Gasteiger partial charge in [0, 0.05) is 37.2 Å². The minimum atomic E-state index is -0.955. The summed E-state index contributed by atoms with van der Waals surface area (Å²) in [5.74, 6) is -1.94. The van der Waals surface area contributed by atoms with Crippen molar-refractivity contribution in [3.05, 3.63) is 29.3 Å². The fourth-order valence-corrected chi connectivity index (χ4v) is 5.98. The van der Waals surface area contributed by atoms with E-state index in [1.165, 1.54) is 0 Å². The Hall–Kier alpha value is -3.47. The van der Waals surface area contributed by atoms with E-state index in [4.69, 9.17) is 4.74 Å². The molecule has 4 heterocycles. The van der Waals surface area contributed by atoms with E-state index in [1.807, 2.05) is 26.8 Å². The summed E-state index contributed by atoms with van der Waals surface area (Å²) in [4.78, 5) is 67.3. The largest absolute Gasteiger partial charge is 0.444 e. The van der Waals surface area contributed by atoms with Crippen molar-refractivity contribution in [1.82, 2.24) is 20.4 Å². The zero-order valence-corrected chi connectivity index (χ0v) is 22.9. The molecule has 39 heavy (non-hydrogen) atoms. The molecule has 0 aromatic heterocycles. The van der Waals surface area contributed by atoms with Crippen LogP contribution in [0.2, 0.25) is 0 Å². The number of anilines is 1. The van der Waals surface area contributed by atoms with Crippen molar-refractivity contribution in [3.63, 3.8) is 0 Å². The number of hydrogen-bond acceptors (Lipinski definition) is 8. The number of ether oxygens (including phenoxy) is 1. The Morgan fingerprint density at radius 3 is 2.44 bits per heavy atom. The molecule has 1 atom stereocenters. The molecule has 5 rings (SSSR count). The van der Waals surface area contributed by atoms with Crippen molar-refractivity contribution in [3.8, 4) is 0 Å². The molecule has 1 spiro atoms. The first-order valence-electron chi connectivity index (χ1n) is 13.7. The highest BCUT2D eigenvalue weighted by Crippen LogP contribution is 2.43. The average molecular weight is 540 g/mol. The lowest BCUT2D eigenvalue weighted by Gasteiger charge is -2.55. The van der Waals surface area contributed by atoms with Gasteiger partial charge in [0.05, 0.1) is 11.1 Å². The number of nitrogens with zero attached hydrogens (tertiary/aromatic N) is 3. The Balaban J connectivity index is 1.10. The molecule has 0 aliphatic carbocycles. The number of imide groups is 2. The molecule has 0 bridgehead atoms. The van der Waals surface area contributed by atoms with E-state index in [9.17, 15) is 24.0 Å². The topological polar surface area (TPSA) is 128 Å². The summed E-state index contributed by atoms with van der Waals surface area (Å²) in [7, 11) is 0. The predicted molar refractivity (Wildman–Crippen MR) is 142 cm³/mol. The van der Waals surface area contributed by atoms with Crippen LogP contribution in [0.4, 0.5) is 10.5 Å². The SMILES string of the molecule is CC(C)(C)OC(=O)NCCCN1CCC2(CC1)CN(c1ccc3c(c1)C(=O)N(C1CCC(=O)NC1=O)C3=O)C2. The van der Waals surface area contributed by atoms with Crippen molar-refractivity contribution in [2.45, 2.75) is 64.5 Å². The molecule has 3 saturated heterocycles. The maximum atomic E-state index is 13.1. The summed E-state index contributed by atoms with van der Waals surface area (Å²) in [6.07, 6.45) is 2.93. The van der Waals surface area contributed by atoms with E-state index in [2.05, 4.69) is 20.4 Å². The normalized spacial score (nSPS) is 23.0. The Bertz CT molecular complexity index is 1190. The van der Waals surface area contributed by atoms with Gasteiger partial charge in [-0.05, 0) is 84.3 Å². The van der Waals surface area contributed by atoms with E-state index in [0.717, 1.165) is 62.6 Å². The summed E-state index contributed by atoms with van der Waals surface area (Å²) in [5.41, 5.74) is 1.28. The van der Waals surface area contributed by atoms with Gasteiger partial charge >= 0.3 is 6.09 Å². The predicted octanol–water partition coefficient (Wildman–Crippen LogP) is 1.90. The van der Waals surface area contributed by atoms with E-state index >= 15 is 0 Å². The minimum absolute atomic E-state index is 0.103. The monoisotopic (exact) mass is 539 g/mol. The summed E-state index contributed by atoms with van der Waals surface area (Å²) in [6.45, 7) is 10.9. The Kier molecular flexibility index (Phi) is 7.13. The van der Waals surface area contributed by atoms with Crippen molar-refractivity contribution in [1.29, 1.82) is 0 Å². The first-order chi connectivity index (χ1) is 18.4. The number of carbonyl (C=O) groups is 5. The van der Waals surface area contributed by atoms with Gasteiger partial charge in [-0.15, -0.1) is 0 Å². The van der Waals surface area contributed by atoms with Crippen LogP contribution in [-0.2, 0) is 14.3 Å². The number of likely N-dealkylation sites (tertiary alicyclic amines) is 1. The van der Waals surface area contributed by atoms with Crippen LogP contribution in [0.5, 0.6) is 0 Å². The molecule has 0 radical (unpaired) electrons. The molecule has 1 aromatic rings. The van der Waals surface area contributed by atoms with Crippen molar-refractivity contribution in [2.75, 3.05) is 44.2 Å². The molecule has 210 valence electrons. The van der Waals surface area contributed by atoms with Crippen LogP contribution in [0.1, 0.15) is 73.6 Å². The third-order valence-corrected chi connectivity index (χ3v) is 8.08. The number of piperidine rings is 2. The van der Waals surface area contributed by atoms with Gasteiger partial charge in [-0.1, -0.05) is 0 Å². The molecule has 3 fully saturated rings. The van der Waals surface area contributed by atoms with E-state index in [1.54, 1.807) is 12.1 Å². The highest BCUT2D eigenvalue weighted by molar-refractivity contribution is 6.23. The summed E-state index contributed by atoms with van der Waals surface area (Å²) < 4.78 is 5.27. The molecule has 4 aliphatic heterocycles. The van der Waals surface area contributed by atoms with Crippen LogP contribution in [0.3, 0.4) is 0 Å². The van der Waals surface area contributed by atoms with Gasteiger partial charge in [0.1, 0.15) is 11.6 Å². The summed E-state index contributed by atoms with van der Waals surface area (Å²) in [5, 5.41) is 5.04. The molecular weight excluding hydrogens is 502 g/mol. The van der Waals surface area contributed by atoms with Crippen molar-refractivity contribution in [2.24, 2.45) is 5.41 Å². The fourth-order valence-electron chi connectivity index (χ4n) is 5.98. The van der Waals surface area contributed by atoms with Crippen LogP contribution in [0.15, 0.2) is 18.2 Å². The molecule has 2 N–H and O–H groups in total. The number of carbonyl (C=O) groups excluding carboxylic acids is 5. The molecule has 1 unspecified atom stereocenters. The molecule has 11 nitrogen and oxygen atoms in total. The van der Waals surface area contributed by atoms with Crippen LogP contribution in [-0.4, -0.2) is 90.4 Å². The highest BCUT2D eigenvalue weighted by Gasteiger charge is 2.47. The van der Waals surface area contributed by atoms with Gasteiger partial charge < -0.3 is 19.9 Å². The number of benzene rings is 1. The van der Waals surface area contributed by atoms with Gasteiger partial charge in [-0.25, -0.2) is 4.79 Å². The smallest absolute Gasteiger partial charge is 0.407 e. The molecule has 11 heteroatoms. The number of rotatable bonds is 6.